The van der Waals surface area contributed by atoms with Gasteiger partial charge in [-0.25, -0.2) is 4.79 Å². The number of carbonyl (C=O) groups excluding carboxylic acids is 2. The number of benzene rings is 3. The summed E-state index contributed by atoms with van der Waals surface area (Å²) >= 11 is 0. The number of nitrogens with zero attached hydrogens (tertiary/aromatic N) is 1. The largest absolute Gasteiger partial charge is 0.497 e. The Hall–Kier alpha value is -4.82. The number of hydroxylamine groups is 1. The average Bonchev–Trinajstić information content (AvgIpc) is 3.38. The van der Waals surface area contributed by atoms with Crippen LogP contribution in [0.2, 0.25) is 0 Å². The van der Waals surface area contributed by atoms with E-state index in [0.717, 1.165) is 35.1 Å². The van der Waals surface area contributed by atoms with Gasteiger partial charge in [-0.05, 0) is 70.5 Å². The molecule has 0 aliphatic heterocycles. The number of alkyl halides is 3. The Morgan fingerprint density at radius 3 is 1.98 bits per heavy atom. The molecule has 0 saturated carbocycles. The van der Waals surface area contributed by atoms with E-state index in [1.54, 1.807) is 19.2 Å². The molecule has 226 valence electrons. The fourth-order valence-corrected chi connectivity index (χ4v) is 4.91. The zero-order valence-electron chi connectivity index (χ0n) is 22.8. The highest BCUT2D eigenvalue weighted by atomic mass is 32.2. The summed E-state index contributed by atoms with van der Waals surface area (Å²) in [6.07, 6.45) is -5.60. The van der Waals surface area contributed by atoms with Gasteiger partial charge in [0, 0.05) is 12.1 Å². The van der Waals surface area contributed by atoms with E-state index < -0.39 is 43.2 Å². The summed E-state index contributed by atoms with van der Waals surface area (Å²) in [5.74, 6) is -4.01. The monoisotopic (exact) mass is 618 g/mol. The minimum atomic E-state index is -5.60. The summed E-state index contributed by atoms with van der Waals surface area (Å²) in [5, 5.41) is 0. The van der Waals surface area contributed by atoms with Crippen LogP contribution in [0.1, 0.15) is 27.4 Å². The van der Waals surface area contributed by atoms with Gasteiger partial charge in [-0.1, -0.05) is 36.4 Å². The third-order valence-corrected chi connectivity index (χ3v) is 7.69. The van der Waals surface area contributed by atoms with Crippen molar-refractivity contribution in [2.24, 2.45) is 5.73 Å². The highest BCUT2D eigenvalue weighted by Crippen LogP contribution is 2.28. The lowest BCUT2D eigenvalue weighted by Crippen LogP contribution is -2.42. The van der Waals surface area contributed by atoms with Crippen molar-refractivity contribution in [3.63, 3.8) is 0 Å². The Morgan fingerprint density at radius 1 is 0.907 bits per heavy atom. The molecule has 0 spiro atoms. The Morgan fingerprint density at radius 2 is 1.47 bits per heavy atom. The van der Waals surface area contributed by atoms with Crippen molar-refractivity contribution in [2.45, 2.75) is 31.1 Å². The minimum absolute atomic E-state index is 0.0510. The number of rotatable bonds is 9. The predicted molar refractivity (Wildman–Crippen MR) is 146 cm³/mol. The molecule has 0 atom stereocenters. The van der Waals surface area contributed by atoms with Gasteiger partial charge in [0.1, 0.15) is 23.9 Å². The molecule has 0 bridgehead atoms. The quantitative estimate of drug-likeness (QED) is 0.252. The van der Waals surface area contributed by atoms with Crippen LogP contribution >= 0.6 is 0 Å². The zero-order chi connectivity index (χ0) is 31.4. The molecular weight excluding hydrogens is 593 g/mol. The lowest BCUT2D eigenvalue weighted by Gasteiger charge is -2.20. The van der Waals surface area contributed by atoms with Crippen LogP contribution < -0.4 is 15.2 Å². The van der Waals surface area contributed by atoms with Crippen LogP contribution in [0.15, 0.2) is 88.2 Å². The standard InChI is InChI=1S/C29H25F3N2O8S/c1-18-22(17-40-24-11-7-21(8-12-24)20-5-9-23(39-2)10-6-20)15-26(41-18)27(35)34(42-28(36)29(30,31)32)43(37,38)25-13-3-19(16-33)4-14-25/h3-15H,16-17,33H2,1-2H3. The summed E-state index contributed by atoms with van der Waals surface area (Å²) in [6.45, 7) is 1.35. The first-order valence-electron chi connectivity index (χ1n) is 12.5. The van der Waals surface area contributed by atoms with Gasteiger partial charge in [-0.15, -0.1) is 0 Å². The fourth-order valence-electron chi connectivity index (χ4n) is 3.77. The van der Waals surface area contributed by atoms with E-state index in [1.807, 2.05) is 36.4 Å². The molecule has 1 heterocycles. The number of aryl methyl sites for hydroxylation is 1. The maximum Gasteiger partial charge on any atom is 0.493 e. The Kier molecular flexibility index (Phi) is 9.11. The van der Waals surface area contributed by atoms with E-state index in [-0.39, 0.29) is 24.5 Å². The predicted octanol–water partition coefficient (Wildman–Crippen LogP) is 5.15. The molecule has 1 amide bonds. The maximum absolute atomic E-state index is 13.1. The molecule has 4 aromatic rings. The van der Waals surface area contributed by atoms with Gasteiger partial charge in [0.15, 0.2) is 5.76 Å². The van der Waals surface area contributed by atoms with Gasteiger partial charge in [0.25, 0.3) is 10.0 Å². The SMILES string of the molecule is COc1ccc(-c2ccc(OCc3cc(C(=O)N(OC(=O)C(F)(F)F)S(=O)(=O)c4ccc(CN)cc4)oc3C)cc2)cc1. The summed E-state index contributed by atoms with van der Waals surface area (Å²) in [4.78, 5) is 28.2. The molecule has 0 saturated heterocycles. The van der Waals surface area contributed by atoms with Crippen LogP contribution in [0.25, 0.3) is 11.1 Å². The van der Waals surface area contributed by atoms with E-state index in [9.17, 15) is 31.2 Å². The lowest BCUT2D eigenvalue weighted by atomic mass is 10.1. The Balaban J connectivity index is 1.54. The zero-order valence-corrected chi connectivity index (χ0v) is 23.6. The minimum Gasteiger partial charge on any atom is -0.497 e. The van der Waals surface area contributed by atoms with Crippen molar-refractivity contribution in [3.8, 4) is 22.6 Å². The molecule has 10 nitrogen and oxygen atoms in total. The van der Waals surface area contributed by atoms with E-state index >= 15 is 0 Å². The molecule has 4 rings (SSSR count). The van der Waals surface area contributed by atoms with Crippen LogP contribution in [0.3, 0.4) is 0 Å². The van der Waals surface area contributed by atoms with Crippen molar-refractivity contribution < 1.29 is 49.9 Å². The number of furan rings is 1. The average molecular weight is 619 g/mol. The molecule has 0 radical (unpaired) electrons. The summed E-state index contributed by atoms with van der Waals surface area (Å²) in [5.41, 5.74) is 8.14. The molecule has 0 fully saturated rings. The van der Waals surface area contributed by atoms with Crippen LogP contribution in [0.5, 0.6) is 11.5 Å². The lowest BCUT2D eigenvalue weighted by molar-refractivity contribution is -0.217. The smallest absolute Gasteiger partial charge is 0.493 e. The molecule has 2 N–H and O–H groups in total. The van der Waals surface area contributed by atoms with Crippen LogP contribution in [0, 0.1) is 6.92 Å². The number of sulfonamides is 1. The molecule has 0 aliphatic rings. The summed E-state index contributed by atoms with van der Waals surface area (Å²) in [6, 6.07) is 20.2. The van der Waals surface area contributed by atoms with Gasteiger partial charge in [0.2, 0.25) is 0 Å². The Labute approximate surface area is 244 Å². The van der Waals surface area contributed by atoms with E-state index in [1.165, 1.54) is 19.1 Å². The number of nitrogens with two attached hydrogens (primary N) is 1. The third-order valence-electron chi connectivity index (χ3n) is 6.14. The summed E-state index contributed by atoms with van der Waals surface area (Å²) < 4.78 is 80.8. The van der Waals surface area contributed by atoms with Crippen LogP contribution in [0.4, 0.5) is 13.2 Å². The topological polar surface area (TPSA) is 138 Å². The Bertz CT molecular complexity index is 1700. The summed E-state index contributed by atoms with van der Waals surface area (Å²) in [7, 11) is -3.54. The molecular formula is C29H25F3N2O8S. The van der Waals surface area contributed by atoms with Gasteiger partial charge < -0.3 is 24.5 Å². The number of ether oxygens (including phenoxy) is 2. The third kappa shape index (κ3) is 7.16. The number of amides is 1. The van der Waals surface area contributed by atoms with Crippen LogP contribution in [-0.4, -0.2) is 38.0 Å². The van der Waals surface area contributed by atoms with E-state index in [4.69, 9.17) is 19.6 Å². The normalized spacial score (nSPS) is 11.6. The van der Waals surface area contributed by atoms with Crippen molar-refractivity contribution >= 4 is 21.9 Å². The van der Waals surface area contributed by atoms with Gasteiger partial charge in [0.05, 0.1) is 12.0 Å². The number of carbonyl (C=O) groups is 2. The molecule has 0 unspecified atom stereocenters. The van der Waals surface area contributed by atoms with Crippen molar-refractivity contribution in [1.82, 2.24) is 4.47 Å². The number of hydrogen-bond acceptors (Lipinski definition) is 9. The fraction of sp³-hybridized carbons (Fsp3) is 0.172. The molecule has 14 heteroatoms. The second kappa shape index (κ2) is 12.6. The van der Waals surface area contributed by atoms with Crippen molar-refractivity contribution in [3.05, 3.63) is 102 Å². The van der Waals surface area contributed by atoms with Crippen molar-refractivity contribution in [2.75, 3.05) is 7.11 Å². The molecule has 1 aromatic heterocycles. The maximum atomic E-state index is 13.1. The molecule has 3 aromatic carbocycles. The number of halogens is 3. The highest BCUT2D eigenvalue weighted by molar-refractivity contribution is 7.89. The van der Waals surface area contributed by atoms with Gasteiger partial charge in [-0.3, -0.25) is 4.79 Å². The molecule has 0 aliphatic carbocycles. The first-order valence-corrected chi connectivity index (χ1v) is 13.9. The van der Waals surface area contributed by atoms with Crippen molar-refractivity contribution in [1.29, 1.82) is 0 Å². The van der Waals surface area contributed by atoms with E-state index in [0.29, 0.717) is 11.3 Å². The first-order chi connectivity index (χ1) is 20.3. The van der Waals surface area contributed by atoms with Gasteiger partial charge >= 0.3 is 18.1 Å². The second-order valence-corrected chi connectivity index (χ2v) is 10.7. The highest BCUT2D eigenvalue weighted by Gasteiger charge is 2.47. The van der Waals surface area contributed by atoms with Gasteiger partial charge in [-0.2, -0.15) is 21.6 Å². The van der Waals surface area contributed by atoms with Crippen LogP contribution in [-0.2, 0) is 32.8 Å². The van der Waals surface area contributed by atoms with E-state index in [2.05, 4.69) is 4.84 Å². The second-order valence-electron chi connectivity index (χ2n) is 9.00. The number of hydrogen-bond donors (Lipinski definition) is 1. The molecule has 43 heavy (non-hydrogen) atoms. The number of methoxy groups -OCH3 is 1. The first kappa shape index (κ1) is 31.1.